The summed E-state index contributed by atoms with van der Waals surface area (Å²) in [5, 5.41) is 3.70. The van der Waals surface area contributed by atoms with Crippen LogP contribution in [0.1, 0.15) is 75.9 Å². The van der Waals surface area contributed by atoms with Gasteiger partial charge in [0.05, 0.1) is 5.56 Å². The standard InChI is InChI=1S/C29H34Cl2N2O2/c1-7-28(3,4)18-9-11-26(24(13-18)29(5,6)8-2)35-25-12-10-21(32)17-23(25)27(34)33-22-15-19(30)14-20(31)16-22/h9-17H,7-8,32H2,1-6H3,(H,33,34). The first kappa shape index (κ1) is 26.9. The molecule has 0 spiro atoms. The Balaban J connectivity index is 2.03. The zero-order chi connectivity index (χ0) is 26.0. The molecule has 0 aromatic heterocycles. The Hall–Kier alpha value is -2.69. The summed E-state index contributed by atoms with van der Waals surface area (Å²) in [6, 6.07) is 16.3. The second-order valence-corrected chi connectivity index (χ2v) is 11.0. The molecular formula is C29H34Cl2N2O2. The number of halogens is 2. The molecule has 35 heavy (non-hydrogen) atoms. The third-order valence-electron chi connectivity index (χ3n) is 6.85. The lowest BCUT2D eigenvalue weighted by Crippen LogP contribution is -2.21. The van der Waals surface area contributed by atoms with Crippen LogP contribution < -0.4 is 15.8 Å². The van der Waals surface area contributed by atoms with Crippen LogP contribution in [-0.4, -0.2) is 5.91 Å². The van der Waals surface area contributed by atoms with Crippen LogP contribution in [0, 0.1) is 0 Å². The minimum absolute atomic E-state index is 0.0432. The summed E-state index contributed by atoms with van der Waals surface area (Å²) in [6.07, 6.45) is 1.96. The number of benzene rings is 3. The van der Waals surface area contributed by atoms with Gasteiger partial charge in [-0.3, -0.25) is 4.79 Å². The van der Waals surface area contributed by atoms with Crippen LogP contribution in [0.4, 0.5) is 11.4 Å². The van der Waals surface area contributed by atoms with Gasteiger partial charge >= 0.3 is 0 Å². The first-order chi connectivity index (χ1) is 16.4. The fraction of sp³-hybridized carbons (Fsp3) is 0.345. The predicted molar refractivity (Wildman–Crippen MR) is 148 cm³/mol. The number of ether oxygens (including phenoxy) is 1. The molecule has 0 atom stereocenters. The highest BCUT2D eigenvalue weighted by atomic mass is 35.5. The summed E-state index contributed by atoms with van der Waals surface area (Å²) in [5.74, 6) is 0.767. The molecule has 1 amide bonds. The summed E-state index contributed by atoms with van der Waals surface area (Å²) in [4.78, 5) is 13.2. The van der Waals surface area contributed by atoms with Crippen molar-refractivity contribution < 1.29 is 9.53 Å². The van der Waals surface area contributed by atoms with E-state index in [1.165, 1.54) is 5.56 Å². The lowest BCUT2D eigenvalue weighted by molar-refractivity contribution is 0.102. The third kappa shape index (κ3) is 6.31. The molecule has 3 aromatic rings. The molecular weight excluding hydrogens is 479 g/mol. The highest BCUT2D eigenvalue weighted by Crippen LogP contribution is 2.41. The number of carbonyl (C=O) groups excluding carboxylic acids is 1. The van der Waals surface area contributed by atoms with Crippen molar-refractivity contribution >= 4 is 40.5 Å². The van der Waals surface area contributed by atoms with Gasteiger partial charge in [-0.1, -0.05) is 76.9 Å². The van der Waals surface area contributed by atoms with Gasteiger partial charge in [0.25, 0.3) is 5.91 Å². The van der Waals surface area contributed by atoms with E-state index < -0.39 is 0 Å². The monoisotopic (exact) mass is 512 g/mol. The molecule has 0 saturated carbocycles. The third-order valence-corrected chi connectivity index (χ3v) is 7.28. The van der Waals surface area contributed by atoms with Crippen LogP contribution in [0.15, 0.2) is 54.6 Å². The fourth-order valence-electron chi connectivity index (χ4n) is 3.72. The Morgan fingerprint density at radius 3 is 2.06 bits per heavy atom. The van der Waals surface area contributed by atoms with Gasteiger partial charge in [-0.25, -0.2) is 0 Å². The van der Waals surface area contributed by atoms with E-state index >= 15 is 0 Å². The van der Waals surface area contributed by atoms with Gasteiger partial charge in [0.1, 0.15) is 11.5 Å². The maximum atomic E-state index is 13.2. The fourth-order valence-corrected chi connectivity index (χ4v) is 4.25. The number of hydrogen-bond acceptors (Lipinski definition) is 3. The molecule has 0 aliphatic heterocycles. The van der Waals surface area contributed by atoms with Gasteiger partial charge < -0.3 is 15.8 Å². The number of anilines is 2. The first-order valence-electron chi connectivity index (χ1n) is 11.9. The molecule has 0 bridgehead atoms. The molecule has 4 nitrogen and oxygen atoms in total. The number of rotatable bonds is 8. The highest BCUT2D eigenvalue weighted by molar-refractivity contribution is 6.35. The van der Waals surface area contributed by atoms with Crippen molar-refractivity contribution in [1.29, 1.82) is 0 Å². The second kappa shape index (κ2) is 10.5. The summed E-state index contributed by atoms with van der Waals surface area (Å²) in [7, 11) is 0. The smallest absolute Gasteiger partial charge is 0.259 e. The molecule has 0 unspecified atom stereocenters. The van der Waals surface area contributed by atoms with Gasteiger partial charge in [0, 0.05) is 27.0 Å². The van der Waals surface area contributed by atoms with E-state index in [0.29, 0.717) is 32.7 Å². The summed E-state index contributed by atoms with van der Waals surface area (Å²) in [5.41, 5.74) is 9.57. The number of nitrogens with one attached hydrogen (secondary N) is 1. The lowest BCUT2D eigenvalue weighted by Gasteiger charge is -2.30. The molecule has 0 radical (unpaired) electrons. The summed E-state index contributed by atoms with van der Waals surface area (Å²) >= 11 is 12.2. The Kier molecular flexibility index (Phi) is 8.08. The van der Waals surface area contributed by atoms with E-state index in [1.807, 2.05) is 6.07 Å². The van der Waals surface area contributed by atoms with Crippen LogP contribution in [0.25, 0.3) is 0 Å². The number of nitrogen functional groups attached to an aromatic ring is 1. The van der Waals surface area contributed by atoms with Crippen molar-refractivity contribution in [3.05, 3.63) is 81.3 Å². The van der Waals surface area contributed by atoms with Gasteiger partial charge in [-0.2, -0.15) is 0 Å². The van der Waals surface area contributed by atoms with Gasteiger partial charge in [-0.05, 0) is 71.7 Å². The Morgan fingerprint density at radius 2 is 1.46 bits per heavy atom. The van der Waals surface area contributed by atoms with E-state index in [4.69, 9.17) is 33.7 Å². The average molecular weight is 514 g/mol. The lowest BCUT2D eigenvalue weighted by atomic mass is 9.76. The minimum Gasteiger partial charge on any atom is -0.456 e. The first-order valence-corrected chi connectivity index (χ1v) is 12.6. The molecule has 186 valence electrons. The van der Waals surface area contributed by atoms with Gasteiger partial charge in [-0.15, -0.1) is 0 Å². The zero-order valence-electron chi connectivity index (χ0n) is 21.3. The highest BCUT2D eigenvalue weighted by Gasteiger charge is 2.27. The van der Waals surface area contributed by atoms with E-state index in [0.717, 1.165) is 24.2 Å². The van der Waals surface area contributed by atoms with E-state index in [9.17, 15) is 4.79 Å². The largest absolute Gasteiger partial charge is 0.456 e. The number of amides is 1. The van der Waals surface area contributed by atoms with Crippen LogP contribution in [0.2, 0.25) is 10.0 Å². The second-order valence-electron chi connectivity index (χ2n) is 10.2. The molecule has 3 aromatic carbocycles. The molecule has 0 aliphatic carbocycles. The topological polar surface area (TPSA) is 64.3 Å². The Bertz CT molecular complexity index is 1220. The number of carbonyl (C=O) groups is 1. The minimum atomic E-state index is -0.370. The van der Waals surface area contributed by atoms with E-state index in [1.54, 1.807) is 36.4 Å². The maximum Gasteiger partial charge on any atom is 0.259 e. The van der Waals surface area contributed by atoms with Gasteiger partial charge in [0.15, 0.2) is 0 Å². The van der Waals surface area contributed by atoms with E-state index in [-0.39, 0.29) is 16.7 Å². The number of nitrogens with two attached hydrogens (primary N) is 1. The van der Waals surface area contributed by atoms with Crippen molar-refractivity contribution in [2.24, 2.45) is 0 Å². The SMILES string of the molecule is CCC(C)(C)c1ccc(Oc2ccc(N)cc2C(=O)Nc2cc(Cl)cc(Cl)c2)c(C(C)(C)CC)c1. The predicted octanol–water partition coefficient (Wildman–Crippen LogP) is 9.00. The van der Waals surface area contributed by atoms with Crippen molar-refractivity contribution in [2.75, 3.05) is 11.1 Å². The quantitative estimate of drug-likeness (QED) is 0.296. The molecule has 6 heteroatoms. The molecule has 0 heterocycles. The van der Waals surface area contributed by atoms with Crippen LogP contribution in [0.3, 0.4) is 0 Å². The molecule has 0 aliphatic rings. The Morgan fingerprint density at radius 1 is 0.857 bits per heavy atom. The molecule has 0 fully saturated rings. The Labute approximate surface area is 218 Å². The maximum absolute atomic E-state index is 13.2. The number of hydrogen-bond donors (Lipinski definition) is 2. The summed E-state index contributed by atoms with van der Waals surface area (Å²) < 4.78 is 6.42. The molecule has 0 saturated heterocycles. The molecule has 3 N–H and O–H groups in total. The van der Waals surface area contributed by atoms with Crippen LogP contribution in [0.5, 0.6) is 11.5 Å². The zero-order valence-corrected chi connectivity index (χ0v) is 22.8. The van der Waals surface area contributed by atoms with Crippen molar-refractivity contribution in [2.45, 2.75) is 65.2 Å². The average Bonchev–Trinajstić information content (AvgIpc) is 2.79. The van der Waals surface area contributed by atoms with Gasteiger partial charge in [0.2, 0.25) is 0 Å². The van der Waals surface area contributed by atoms with Crippen LogP contribution >= 0.6 is 23.2 Å². The normalized spacial score (nSPS) is 11.9. The van der Waals surface area contributed by atoms with E-state index in [2.05, 4.69) is 59.0 Å². The van der Waals surface area contributed by atoms with Crippen molar-refractivity contribution in [3.8, 4) is 11.5 Å². The molecule has 3 rings (SSSR count). The summed E-state index contributed by atoms with van der Waals surface area (Å²) in [6.45, 7) is 13.3. The van der Waals surface area contributed by atoms with Crippen molar-refractivity contribution in [3.63, 3.8) is 0 Å². The van der Waals surface area contributed by atoms with Crippen LogP contribution in [-0.2, 0) is 10.8 Å². The van der Waals surface area contributed by atoms with Crippen molar-refractivity contribution in [1.82, 2.24) is 0 Å².